The SMILES string of the molecule is NCCc1ccc(CC2CCS(=O)(=O)CC2)cc1. The van der Waals surface area contributed by atoms with Gasteiger partial charge in [-0.1, -0.05) is 24.3 Å². The van der Waals surface area contributed by atoms with Gasteiger partial charge < -0.3 is 5.73 Å². The summed E-state index contributed by atoms with van der Waals surface area (Å²) in [7, 11) is -2.74. The summed E-state index contributed by atoms with van der Waals surface area (Å²) in [5, 5.41) is 0. The van der Waals surface area contributed by atoms with Crippen LogP contribution in [0.3, 0.4) is 0 Å². The summed E-state index contributed by atoms with van der Waals surface area (Å²) in [6, 6.07) is 8.55. The first-order valence-electron chi connectivity index (χ1n) is 6.57. The van der Waals surface area contributed by atoms with Gasteiger partial charge in [0.25, 0.3) is 0 Å². The fraction of sp³-hybridized carbons (Fsp3) is 0.571. The molecule has 0 unspecified atom stereocenters. The first-order chi connectivity index (χ1) is 8.59. The normalized spacial score (nSPS) is 19.8. The summed E-state index contributed by atoms with van der Waals surface area (Å²) in [5.41, 5.74) is 8.09. The van der Waals surface area contributed by atoms with Gasteiger partial charge in [0.2, 0.25) is 0 Å². The van der Waals surface area contributed by atoms with Crippen molar-refractivity contribution in [3.63, 3.8) is 0 Å². The third kappa shape index (κ3) is 3.82. The Kier molecular flexibility index (Phi) is 4.40. The van der Waals surface area contributed by atoms with E-state index in [-0.39, 0.29) is 0 Å². The van der Waals surface area contributed by atoms with Crippen molar-refractivity contribution < 1.29 is 8.42 Å². The summed E-state index contributed by atoms with van der Waals surface area (Å²) in [6.45, 7) is 0.680. The smallest absolute Gasteiger partial charge is 0.150 e. The van der Waals surface area contributed by atoms with Gasteiger partial charge in [0.05, 0.1) is 11.5 Å². The van der Waals surface area contributed by atoms with E-state index >= 15 is 0 Å². The summed E-state index contributed by atoms with van der Waals surface area (Å²) in [5.74, 6) is 1.25. The van der Waals surface area contributed by atoms with E-state index in [2.05, 4.69) is 24.3 Å². The Labute approximate surface area is 109 Å². The minimum absolute atomic E-state index is 0.364. The second-order valence-electron chi connectivity index (χ2n) is 5.15. The van der Waals surface area contributed by atoms with Crippen molar-refractivity contribution in [1.29, 1.82) is 0 Å². The van der Waals surface area contributed by atoms with E-state index < -0.39 is 9.84 Å². The second kappa shape index (κ2) is 5.85. The molecule has 1 heterocycles. The largest absolute Gasteiger partial charge is 0.330 e. The molecule has 0 atom stereocenters. The highest BCUT2D eigenvalue weighted by Crippen LogP contribution is 2.23. The lowest BCUT2D eigenvalue weighted by Crippen LogP contribution is -2.24. The van der Waals surface area contributed by atoms with Crippen LogP contribution >= 0.6 is 0 Å². The van der Waals surface area contributed by atoms with Gasteiger partial charge >= 0.3 is 0 Å². The third-order valence-corrected chi connectivity index (χ3v) is 5.37. The Hall–Kier alpha value is -0.870. The molecule has 1 fully saturated rings. The molecule has 0 amide bonds. The molecular formula is C14H21NO2S. The highest BCUT2D eigenvalue weighted by molar-refractivity contribution is 7.91. The van der Waals surface area contributed by atoms with Crippen LogP contribution in [0, 0.1) is 5.92 Å². The van der Waals surface area contributed by atoms with Gasteiger partial charge in [-0.3, -0.25) is 0 Å². The molecule has 0 spiro atoms. The highest BCUT2D eigenvalue weighted by Gasteiger charge is 2.23. The monoisotopic (exact) mass is 267 g/mol. The zero-order chi connectivity index (χ0) is 13.0. The fourth-order valence-corrected chi connectivity index (χ4v) is 4.07. The predicted molar refractivity (Wildman–Crippen MR) is 74.3 cm³/mol. The molecule has 0 aliphatic carbocycles. The van der Waals surface area contributed by atoms with Crippen molar-refractivity contribution in [2.75, 3.05) is 18.1 Å². The maximum Gasteiger partial charge on any atom is 0.150 e. The Morgan fingerprint density at radius 2 is 1.61 bits per heavy atom. The zero-order valence-electron chi connectivity index (χ0n) is 10.6. The molecule has 0 radical (unpaired) electrons. The van der Waals surface area contributed by atoms with Crippen molar-refractivity contribution in [1.82, 2.24) is 0 Å². The molecule has 2 N–H and O–H groups in total. The number of hydrogen-bond donors (Lipinski definition) is 1. The number of benzene rings is 1. The molecule has 0 saturated carbocycles. The molecule has 0 aromatic heterocycles. The molecule has 100 valence electrons. The molecule has 1 saturated heterocycles. The van der Waals surface area contributed by atoms with Gasteiger partial charge in [-0.2, -0.15) is 0 Å². The van der Waals surface area contributed by atoms with E-state index in [1.54, 1.807) is 0 Å². The Balaban J connectivity index is 1.90. The number of hydrogen-bond acceptors (Lipinski definition) is 3. The van der Waals surface area contributed by atoms with Gasteiger partial charge in [-0.05, 0) is 49.3 Å². The molecular weight excluding hydrogens is 246 g/mol. The van der Waals surface area contributed by atoms with Crippen molar-refractivity contribution in [3.8, 4) is 0 Å². The Morgan fingerprint density at radius 1 is 1.06 bits per heavy atom. The highest BCUT2D eigenvalue weighted by atomic mass is 32.2. The van der Waals surface area contributed by atoms with Crippen LogP contribution in [0.4, 0.5) is 0 Å². The van der Waals surface area contributed by atoms with Crippen LogP contribution in [0.15, 0.2) is 24.3 Å². The summed E-state index contributed by atoms with van der Waals surface area (Å²) >= 11 is 0. The Morgan fingerprint density at radius 3 is 2.17 bits per heavy atom. The van der Waals surface area contributed by atoms with Crippen molar-refractivity contribution in [2.24, 2.45) is 11.7 Å². The van der Waals surface area contributed by atoms with Crippen LogP contribution < -0.4 is 5.73 Å². The molecule has 1 aliphatic rings. The predicted octanol–water partition coefficient (Wildman–Crippen LogP) is 1.56. The van der Waals surface area contributed by atoms with Crippen LogP contribution in [-0.2, 0) is 22.7 Å². The second-order valence-corrected chi connectivity index (χ2v) is 7.46. The van der Waals surface area contributed by atoms with Crippen LogP contribution in [0.25, 0.3) is 0 Å². The lowest BCUT2D eigenvalue weighted by Gasteiger charge is -2.21. The molecule has 18 heavy (non-hydrogen) atoms. The summed E-state index contributed by atoms with van der Waals surface area (Å²) in [4.78, 5) is 0. The van der Waals surface area contributed by atoms with Crippen LogP contribution in [-0.4, -0.2) is 26.5 Å². The zero-order valence-corrected chi connectivity index (χ0v) is 11.5. The first kappa shape index (κ1) is 13.6. The summed E-state index contributed by atoms with van der Waals surface area (Å²) < 4.78 is 22.7. The quantitative estimate of drug-likeness (QED) is 0.900. The fourth-order valence-electron chi connectivity index (χ4n) is 2.48. The van der Waals surface area contributed by atoms with Gasteiger partial charge in [0, 0.05) is 0 Å². The number of sulfone groups is 1. The molecule has 1 aromatic rings. The molecule has 0 bridgehead atoms. The van der Waals surface area contributed by atoms with Crippen molar-refractivity contribution in [3.05, 3.63) is 35.4 Å². The number of rotatable bonds is 4. The first-order valence-corrected chi connectivity index (χ1v) is 8.39. The standard InChI is InChI=1S/C14H21NO2S/c15-8-5-12-1-3-13(4-2-12)11-14-6-9-18(16,17)10-7-14/h1-4,14H,5-11,15H2. The van der Waals surface area contributed by atoms with Gasteiger partial charge in [-0.15, -0.1) is 0 Å². The van der Waals surface area contributed by atoms with Crippen LogP contribution in [0.5, 0.6) is 0 Å². The Bertz CT molecular complexity index is 465. The average molecular weight is 267 g/mol. The lowest BCUT2D eigenvalue weighted by atomic mass is 9.93. The van der Waals surface area contributed by atoms with Gasteiger partial charge in [-0.25, -0.2) is 8.42 Å². The van der Waals surface area contributed by atoms with Gasteiger partial charge in [0.1, 0.15) is 9.84 Å². The minimum atomic E-state index is -2.74. The van der Waals surface area contributed by atoms with Crippen LogP contribution in [0.2, 0.25) is 0 Å². The van der Waals surface area contributed by atoms with Crippen molar-refractivity contribution in [2.45, 2.75) is 25.7 Å². The maximum absolute atomic E-state index is 11.4. The molecule has 3 nitrogen and oxygen atoms in total. The van der Waals surface area contributed by atoms with Crippen molar-refractivity contribution >= 4 is 9.84 Å². The maximum atomic E-state index is 11.4. The average Bonchev–Trinajstić information content (AvgIpc) is 2.35. The molecule has 1 aliphatic heterocycles. The topological polar surface area (TPSA) is 60.2 Å². The van der Waals surface area contributed by atoms with E-state index in [1.165, 1.54) is 11.1 Å². The third-order valence-electron chi connectivity index (χ3n) is 3.65. The van der Waals surface area contributed by atoms with E-state index in [0.29, 0.717) is 24.0 Å². The van der Waals surface area contributed by atoms with E-state index in [9.17, 15) is 8.42 Å². The number of nitrogens with two attached hydrogens (primary N) is 1. The lowest BCUT2D eigenvalue weighted by molar-refractivity contribution is 0.463. The summed E-state index contributed by atoms with van der Waals surface area (Å²) in [6.07, 6.45) is 3.54. The molecule has 2 rings (SSSR count). The van der Waals surface area contributed by atoms with E-state index in [4.69, 9.17) is 5.73 Å². The van der Waals surface area contributed by atoms with Gasteiger partial charge in [0.15, 0.2) is 0 Å². The molecule has 4 heteroatoms. The minimum Gasteiger partial charge on any atom is -0.330 e. The van der Waals surface area contributed by atoms with E-state index in [1.807, 2.05) is 0 Å². The van der Waals surface area contributed by atoms with Crippen LogP contribution in [0.1, 0.15) is 24.0 Å². The van der Waals surface area contributed by atoms with E-state index in [0.717, 1.165) is 25.7 Å². The molecule has 1 aromatic carbocycles.